The Kier molecular flexibility index (Phi) is 3.06. The van der Waals surface area contributed by atoms with Crippen molar-refractivity contribution in [2.24, 2.45) is 11.8 Å². The summed E-state index contributed by atoms with van der Waals surface area (Å²) in [5.74, 6) is 2.92. The standard InChI is InChI=1S/C15H21NO/c1-11(13-3-4-13)9-16-10-12-2-5-15-14(8-12)6-7-17-15/h2,5,8,11,13,16H,3-4,6-7,9-10H2,1H3. The van der Waals surface area contributed by atoms with E-state index < -0.39 is 0 Å². The second-order valence-corrected chi connectivity index (χ2v) is 5.49. The Labute approximate surface area is 103 Å². The average molecular weight is 231 g/mol. The van der Waals surface area contributed by atoms with Crippen molar-refractivity contribution in [2.45, 2.75) is 32.7 Å². The smallest absolute Gasteiger partial charge is 0.122 e. The lowest BCUT2D eigenvalue weighted by Gasteiger charge is -2.11. The van der Waals surface area contributed by atoms with Gasteiger partial charge in [-0.25, -0.2) is 0 Å². The first kappa shape index (κ1) is 11.1. The summed E-state index contributed by atoms with van der Waals surface area (Å²) in [6, 6.07) is 6.58. The zero-order valence-corrected chi connectivity index (χ0v) is 10.5. The molecule has 1 aliphatic carbocycles. The normalized spacial score (nSPS) is 19.8. The van der Waals surface area contributed by atoms with Gasteiger partial charge in [-0.05, 0) is 48.4 Å². The van der Waals surface area contributed by atoms with E-state index in [1.807, 2.05) is 0 Å². The highest BCUT2D eigenvalue weighted by Crippen LogP contribution is 2.36. The van der Waals surface area contributed by atoms with Gasteiger partial charge in [0.25, 0.3) is 0 Å². The van der Waals surface area contributed by atoms with Crippen LogP contribution in [0.5, 0.6) is 5.75 Å². The van der Waals surface area contributed by atoms with Crippen LogP contribution in [0.1, 0.15) is 30.9 Å². The van der Waals surface area contributed by atoms with E-state index in [1.54, 1.807) is 0 Å². The molecule has 0 saturated heterocycles. The van der Waals surface area contributed by atoms with Gasteiger partial charge in [-0.3, -0.25) is 0 Å². The van der Waals surface area contributed by atoms with Crippen molar-refractivity contribution in [1.29, 1.82) is 0 Å². The van der Waals surface area contributed by atoms with Crippen LogP contribution in [0.25, 0.3) is 0 Å². The Balaban J connectivity index is 1.51. The van der Waals surface area contributed by atoms with Gasteiger partial charge in [-0.1, -0.05) is 19.1 Å². The van der Waals surface area contributed by atoms with Crippen LogP contribution in [0, 0.1) is 11.8 Å². The third kappa shape index (κ3) is 2.63. The molecule has 0 aromatic heterocycles. The van der Waals surface area contributed by atoms with E-state index in [0.717, 1.165) is 43.7 Å². The maximum absolute atomic E-state index is 5.52. The first-order valence-electron chi connectivity index (χ1n) is 6.78. The number of nitrogens with one attached hydrogen (secondary N) is 1. The molecule has 1 aromatic rings. The van der Waals surface area contributed by atoms with Gasteiger partial charge in [0.05, 0.1) is 6.61 Å². The van der Waals surface area contributed by atoms with Crippen LogP contribution >= 0.6 is 0 Å². The maximum atomic E-state index is 5.52. The third-order valence-corrected chi connectivity index (χ3v) is 3.98. The van der Waals surface area contributed by atoms with E-state index in [-0.39, 0.29) is 0 Å². The molecule has 17 heavy (non-hydrogen) atoms. The molecular weight excluding hydrogens is 210 g/mol. The minimum Gasteiger partial charge on any atom is -0.493 e. The monoisotopic (exact) mass is 231 g/mol. The predicted molar refractivity (Wildman–Crippen MR) is 69.2 cm³/mol. The Morgan fingerprint density at radius 3 is 3.12 bits per heavy atom. The largest absolute Gasteiger partial charge is 0.493 e. The van der Waals surface area contributed by atoms with Crippen molar-refractivity contribution in [1.82, 2.24) is 5.32 Å². The number of rotatable bonds is 5. The lowest BCUT2D eigenvalue weighted by Crippen LogP contribution is -2.21. The number of hydrogen-bond donors (Lipinski definition) is 1. The molecule has 1 unspecified atom stereocenters. The second kappa shape index (κ2) is 4.69. The summed E-state index contributed by atoms with van der Waals surface area (Å²) < 4.78 is 5.52. The second-order valence-electron chi connectivity index (χ2n) is 5.49. The summed E-state index contributed by atoms with van der Waals surface area (Å²) in [5.41, 5.74) is 2.76. The highest BCUT2D eigenvalue weighted by Gasteiger charge is 2.27. The summed E-state index contributed by atoms with van der Waals surface area (Å²) in [7, 11) is 0. The summed E-state index contributed by atoms with van der Waals surface area (Å²) in [5, 5.41) is 3.57. The quantitative estimate of drug-likeness (QED) is 0.841. The van der Waals surface area contributed by atoms with Crippen molar-refractivity contribution in [3.8, 4) is 5.75 Å². The van der Waals surface area contributed by atoms with E-state index in [9.17, 15) is 0 Å². The summed E-state index contributed by atoms with van der Waals surface area (Å²) >= 11 is 0. The Morgan fingerprint density at radius 1 is 1.41 bits per heavy atom. The van der Waals surface area contributed by atoms with Gasteiger partial charge in [-0.2, -0.15) is 0 Å². The lowest BCUT2D eigenvalue weighted by molar-refractivity contribution is 0.357. The van der Waals surface area contributed by atoms with Crippen LogP contribution in [-0.2, 0) is 13.0 Å². The van der Waals surface area contributed by atoms with E-state index in [4.69, 9.17) is 4.74 Å². The van der Waals surface area contributed by atoms with E-state index in [2.05, 4.69) is 30.4 Å². The highest BCUT2D eigenvalue weighted by molar-refractivity contribution is 5.39. The SMILES string of the molecule is CC(CNCc1ccc2c(c1)CCO2)C1CC1. The van der Waals surface area contributed by atoms with E-state index in [0.29, 0.717) is 0 Å². The van der Waals surface area contributed by atoms with Crippen LogP contribution in [0.15, 0.2) is 18.2 Å². The first-order valence-corrected chi connectivity index (χ1v) is 6.78. The number of fused-ring (bicyclic) bond motifs is 1. The molecular formula is C15H21NO. The fraction of sp³-hybridized carbons (Fsp3) is 0.600. The molecule has 2 aliphatic rings. The first-order chi connectivity index (χ1) is 8.33. The molecule has 1 atom stereocenters. The van der Waals surface area contributed by atoms with Crippen molar-refractivity contribution in [3.05, 3.63) is 29.3 Å². The van der Waals surface area contributed by atoms with Gasteiger partial charge in [-0.15, -0.1) is 0 Å². The van der Waals surface area contributed by atoms with Crippen LogP contribution in [0.2, 0.25) is 0 Å². The maximum Gasteiger partial charge on any atom is 0.122 e. The van der Waals surface area contributed by atoms with Crippen molar-refractivity contribution < 1.29 is 4.74 Å². The zero-order chi connectivity index (χ0) is 11.7. The van der Waals surface area contributed by atoms with Gasteiger partial charge in [0.2, 0.25) is 0 Å². The van der Waals surface area contributed by atoms with Crippen LogP contribution in [0.4, 0.5) is 0 Å². The van der Waals surface area contributed by atoms with E-state index >= 15 is 0 Å². The predicted octanol–water partition coefficient (Wildman–Crippen LogP) is 2.76. The number of ether oxygens (including phenoxy) is 1. The average Bonchev–Trinajstić information content (AvgIpc) is 3.08. The molecule has 0 amide bonds. The minimum absolute atomic E-state index is 0.841. The molecule has 1 N–H and O–H groups in total. The number of hydrogen-bond acceptors (Lipinski definition) is 2. The van der Waals surface area contributed by atoms with Gasteiger partial charge in [0.1, 0.15) is 5.75 Å². The van der Waals surface area contributed by atoms with E-state index in [1.165, 1.54) is 24.0 Å². The van der Waals surface area contributed by atoms with Crippen LogP contribution in [-0.4, -0.2) is 13.2 Å². The lowest BCUT2D eigenvalue weighted by atomic mass is 10.1. The topological polar surface area (TPSA) is 21.3 Å². The number of benzene rings is 1. The molecule has 1 aliphatic heterocycles. The van der Waals surface area contributed by atoms with Gasteiger partial charge in [0.15, 0.2) is 0 Å². The molecule has 1 heterocycles. The molecule has 2 nitrogen and oxygen atoms in total. The fourth-order valence-corrected chi connectivity index (χ4v) is 2.63. The summed E-state index contributed by atoms with van der Waals surface area (Å²) in [6.45, 7) is 5.36. The molecule has 1 aromatic carbocycles. The molecule has 1 fully saturated rings. The molecule has 1 saturated carbocycles. The Bertz CT molecular complexity index is 398. The van der Waals surface area contributed by atoms with Crippen LogP contribution in [0.3, 0.4) is 0 Å². The van der Waals surface area contributed by atoms with Gasteiger partial charge in [0, 0.05) is 13.0 Å². The Morgan fingerprint density at radius 2 is 2.29 bits per heavy atom. The van der Waals surface area contributed by atoms with Gasteiger partial charge < -0.3 is 10.1 Å². The molecule has 0 bridgehead atoms. The minimum atomic E-state index is 0.841. The van der Waals surface area contributed by atoms with Crippen molar-refractivity contribution in [3.63, 3.8) is 0 Å². The Hall–Kier alpha value is -1.02. The summed E-state index contributed by atoms with van der Waals surface area (Å²) in [4.78, 5) is 0. The molecule has 0 radical (unpaired) electrons. The van der Waals surface area contributed by atoms with Crippen molar-refractivity contribution in [2.75, 3.05) is 13.2 Å². The highest BCUT2D eigenvalue weighted by atomic mass is 16.5. The zero-order valence-electron chi connectivity index (χ0n) is 10.5. The third-order valence-electron chi connectivity index (χ3n) is 3.98. The molecule has 92 valence electrons. The fourth-order valence-electron chi connectivity index (χ4n) is 2.63. The van der Waals surface area contributed by atoms with Crippen LogP contribution < -0.4 is 10.1 Å². The summed E-state index contributed by atoms with van der Waals surface area (Å²) in [6.07, 6.45) is 3.96. The molecule has 0 spiro atoms. The molecule has 3 rings (SSSR count). The van der Waals surface area contributed by atoms with Gasteiger partial charge >= 0.3 is 0 Å². The molecule has 2 heteroatoms. The van der Waals surface area contributed by atoms with Crippen molar-refractivity contribution >= 4 is 0 Å².